The second-order valence-electron chi connectivity index (χ2n) is 8.56. The third-order valence-electron chi connectivity index (χ3n) is 5.69. The molecule has 222 valence electrons. The molecule has 0 bridgehead atoms. The van der Waals surface area contributed by atoms with Gasteiger partial charge in [-0.2, -0.15) is 5.10 Å². The lowest BCUT2D eigenvalue weighted by Gasteiger charge is -2.14. The van der Waals surface area contributed by atoms with E-state index in [-0.39, 0.29) is 17.9 Å². The Kier molecular flexibility index (Phi) is 11.5. The maximum Gasteiger partial charge on any atom is 0.343 e. The summed E-state index contributed by atoms with van der Waals surface area (Å²) in [6.07, 6.45) is 2.26. The highest BCUT2D eigenvalue weighted by molar-refractivity contribution is 5.97. The molecule has 42 heavy (non-hydrogen) atoms. The third kappa shape index (κ3) is 8.37. The standard InChI is InChI=1S/C30H33N3O9/c1-6-13-41-22-10-8-20(9-11-22)30(36)42-23-12-7-19(14-24(23)37-2)17-32-33-27(34)18-31-29(35)21-15-25(38-3)28(40-5)26(16-21)39-4/h7-12,14-17H,6,13,18H2,1-5H3,(H,31,35)(H,33,34)/b32-17-. The summed E-state index contributed by atoms with van der Waals surface area (Å²) in [4.78, 5) is 37.4. The first kappa shape index (κ1) is 31.3. The van der Waals surface area contributed by atoms with Gasteiger partial charge in [0.15, 0.2) is 23.0 Å². The number of rotatable bonds is 14. The van der Waals surface area contributed by atoms with Crippen molar-refractivity contribution in [2.75, 3.05) is 41.6 Å². The molecule has 0 fully saturated rings. The summed E-state index contributed by atoms with van der Waals surface area (Å²) in [5.74, 6) is 0.482. The van der Waals surface area contributed by atoms with Crippen molar-refractivity contribution in [1.82, 2.24) is 10.7 Å². The summed E-state index contributed by atoms with van der Waals surface area (Å²) >= 11 is 0. The van der Waals surface area contributed by atoms with Gasteiger partial charge in [0.2, 0.25) is 5.75 Å². The van der Waals surface area contributed by atoms with Crippen LogP contribution < -0.4 is 39.2 Å². The Morgan fingerprint density at radius 2 is 1.45 bits per heavy atom. The molecule has 0 spiro atoms. The molecule has 0 aliphatic rings. The number of nitrogens with zero attached hydrogens (tertiary/aromatic N) is 1. The van der Waals surface area contributed by atoms with Crippen LogP contribution in [0.4, 0.5) is 0 Å². The molecular formula is C30H33N3O9. The molecule has 12 nitrogen and oxygen atoms in total. The van der Waals surface area contributed by atoms with Crippen LogP contribution in [0.5, 0.6) is 34.5 Å². The van der Waals surface area contributed by atoms with Crippen molar-refractivity contribution in [3.63, 3.8) is 0 Å². The van der Waals surface area contributed by atoms with Crippen molar-refractivity contribution < 1.29 is 42.8 Å². The number of nitrogens with one attached hydrogen (secondary N) is 2. The van der Waals surface area contributed by atoms with E-state index in [0.717, 1.165) is 6.42 Å². The Balaban J connectivity index is 1.55. The molecule has 0 unspecified atom stereocenters. The van der Waals surface area contributed by atoms with Gasteiger partial charge in [0.05, 0.1) is 53.4 Å². The third-order valence-corrected chi connectivity index (χ3v) is 5.69. The maximum absolute atomic E-state index is 12.6. The molecular weight excluding hydrogens is 546 g/mol. The predicted octanol–water partition coefficient (Wildman–Crippen LogP) is 3.61. The molecule has 0 radical (unpaired) electrons. The highest BCUT2D eigenvalue weighted by Crippen LogP contribution is 2.38. The second-order valence-corrected chi connectivity index (χ2v) is 8.56. The Morgan fingerprint density at radius 3 is 2.05 bits per heavy atom. The number of esters is 1. The molecule has 3 rings (SSSR count). The SMILES string of the molecule is CCCOc1ccc(C(=O)Oc2ccc(/C=N\NC(=O)CNC(=O)c3cc(OC)c(OC)c(OC)c3)cc2OC)cc1. The fourth-order valence-corrected chi connectivity index (χ4v) is 3.61. The zero-order valence-corrected chi connectivity index (χ0v) is 24.0. The fourth-order valence-electron chi connectivity index (χ4n) is 3.61. The minimum absolute atomic E-state index is 0.213. The van der Waals surface area contributed by atoms with Crippen molar-refractivity contribution in [1.29, 1.82) is 0 Å². The molecule has 3 aromatic carbocycles. The molecule has 3 aromatic rings. The molecule has 0 atom stereocenters. The summed E-state index contributed by atoms with van der Waals surface area (Å²) in [5, 5.41) is 6.41. The van der Waals surface area contributed by atoms with Crippen LogP contribution in [0.25, 0.3) is 0 Å². The molecule has 12 heteroatoms. The van der Waals surface area contributed by atoms with Gasteiger partial charge in [0.25, 0.3) is 11.8 Å². The minimum Gasteiger partial charge on any atom is -0.494 e. The van der Waals surface area contributed by atoms with E-state index < -0.39 is 17.8 Å². The number of amides is 2. The maximum atomic E-state index is 12.6. The Hall–Kier alpha value is -5.26. The van der Waals surface area contributed by atoms with E-state index >= 15 is 0 Å². The molecule has 2 N–H and O–H groups in total. The summed E-state index contributed by atoms with van der Waals surface area (Å²) in [6, 6.07) is 14.4. The first-order valence-corrected chi connectivity index (χ1v) is 12.9. The normalized spacial score (nSPS) is 10.5. The summed E-state index contributed by atoms with van der Waals surface area (Å²) < 4.78 is 32.1. The number of hydrogen-bond donors (Lipinski definition) is 2. The molecule has 2 amide bonds. The van der Waals surface area contributed by atoms with Gasteiger partial charge in [0.1, 0.15) is 5.75 Å². The van der Waals surface area contributed by atoms with Crippen LogP contribution in [0.2, 0.25) is 0 Å². The number of carbonyl (C=O) groups is 3. The number of hydrogen-bond acceptors (Lipinski definition) is 10. The van der Waals surface area contributed by atoms with Crippen LogP contribution >= 0.6 is 0 Å². The minimum atomic E-state index is -0.560. The highest BCUT2D eigenvalue weighted by Gasteiger charge is 2.17. The van der Waals surface area contributed by atoms with Crippen LogP contribution in [0.3, 0.4) is 0 Å². The molecule has 0 heterocycles. The smallest absolute Gasteiger partial charge is 0.343 e. The Labute approximate surface area is 243 Å². The quantitative estimate of drug-likeness (QED) is 0.127. The van der Waals surface area contributed by atoms with E-state index in [9.17, 15) is 14.4 Å². The van der Waals surface area contributed by atoms with Gasteiger partial charge in [-0.3, -0.25) is 9.59 Å². The van der Waals surface area contributed by atoms with Gasteiger partial charge < -0.3 is 33.7 Å². The zero-order chi connectivity index (χ0) is 30.5. The monoisotopic (exact) mass is 579 g/mol. The lowest BCUT2D eigenvalue weighted by molar-refractivity contribution is -0.120. The summed E-state index contributed by atoms with van der Waals surface area (Å²) in [7, 11) is 5.76. The van der Waals surface area contributed by atoms with E-state index in [0.29, 0.717) is 46.5 Å². The van der Waals surface area contributed by atoms with E-state index in [1.54, 1.807) is 42.5 Å². The lowest BCUT2D eigenvalue weighted by Crippen LogP contribution is -2.34. The number of benzene rings is 3. The van der Waals surface area contributed by atoms with Gasteiger partial charge in [-0.05, 0) is 66.6 Å². The fraction of sp³-hybridized carbons (Fsp3) is 0.267. The number of ether oxygens (including phenoxy) is 6. The van der Waals surface area contributed by atoms with E-state index in [4.69, 9.17) is 28.4 Å². The van der Waals surface area contributed by atoms with E-state index in [1.807, 2.05) is 6.92 Å². The average molecular weight is 580 g/mol. The van der Waals surface area contributed by atoms with Crippen LogP contribution in [0.15, 0.2) is 59.7 Å². The van der Waals surface area contributed by atoms with E-state index in [1.165, 1.54) is 46.8 Å². The molecule has 0 aliphatic carbocycles. The summed E-state index contributed by atoms with van der Waals surface area (Å²) in [6.45, 7) is 2.26. The van der Waals surface area contributed by atoms with Gasteiger partial charge in [-0.1, -0.05) is 6.92 Å². The topological polar surface area (TPSA) is 143 Å². The van der Waals surface area contributed by atoms with Gasteiger partial charge >= 0.3 is 5.97 Å². The molecule has 0 saturated heterocycles. The van der Waals surface area contributed by atoms with Crippen LogP contribution in [-0.4, -0.2) is 65.6 Å². The first-order valence-electron chi connectivity index (χ1n) is 12.9. The summed E-state index contributed by atoms with van der Waals surface area (Å²) in [5.41, 5.74) is 3.46. The van der Waals surface area contributed by atoms with Gasteiger partial charge in [0, 0.05) is 5.56 Å². The number of hydrazone groups is 1. The largest absolute Gasteiger partial charge is 0.494 e. The Morgan fingerprint density at radius 1 is 0.786 bits per heavy atom. The zero-order valence-electron chi connectivity index (χ0n) is 24.0. The lowest BCUT2D eigenvalue weighted by atomic mass is 10.1. The van der Waals surface area contributed by atoms with Gasteiger partial charge in [-0.25, -0.2) is 10.2 Å². The predicted molar refractivity (Wildman–Crippen MR) is 154 cm³/mol. The average Bonchev–Trinajstić information content (AvgIpc) is 3.02. The Bertz CT molecular complexity index is 1400. The van der Waals surface area contributed by atoms with Crippen LogP contribution in [0.1, 0.15) is 39.6 Å². The van der Waals surface area contributed by atoms with Crippen molar-refractivity contribution in [2.24, 2.45) is 5.10 Å². The van der Waals surface area contributed by atoms with Gasteiger partial charge in [-0.15, -0.1) is 0 Å². The van der Waals surface area contributed by atoms with Crippen molar-refractivity contribution in [2.45, 2.75) is 13.3 Å². The van der Waals surface area contributed by atoms with E-state index in [2.05, 4.69) is 15.8 Å². The molecule has 0 aliphatic heterocycles. The molecule has 0 aromatic heterocycles. The first-order chi connectivity index (χ1) is 20.3. The van der Waals surface area contributed by atoms with Crippen molar-refractivity contribution in [3.05, 3.63) is 71.3 Å². The number of carbonyl (C=O) groups excluding carboxylic acids is 3. The van der Waals surface area contributed by atoms with Crippen molar-refractivity contribution >= 4 is 24.0 Å². The van der Waals surface area contributed by atoms with Crippen molar-refractivity contribution in [3.8, 4) is 34.5 Å². The second kappa shape index (κ2) is 15.5. The van der Waals surface area contributed by atoms with Crippen LogP contribution in [-0.2, 0) is 4.79 Å². The van der Waals surface area contributed by atoms with Crippen LogP contribution in [0, 0.1) is 0 Å². The highest BCUT2D eigenvalue weighted by atomic mass is 16.6. The number of methoxy groups -OCH3 is 4. The molecule has 0 saturated carbocycles.